The summed E-state index contributed by atoms with van der Waals surface area (Å²) in [6, 6.07) is 4.33. The molecule has 1 aromatic carbocycles. The van der Waals surface area contributed by atoms with E-state index in [1.165, 1.54) is 19.2 Å². The summed E-state index contributed by atoms with van der Waals surface area (Å²) in [5.74, 6) is 0.163. The van der Waals surface area contributed by atoms with Crippen molar-refractivity contribution in [2.75, 3.05) is 20.3 Å². The van der Waals surface area contributed by atoms with Crippen molar-refractivity contribution in [1.29, 1.82) is 0 Å². The Kier molecular flexibility index (Phi) is 4.29. The lowest BCUT2D eigenvalue weighted by Crippen LogP contribution is -2.01. The van der Waals surface area contributed by atoms with Crippen molar-refractivity contribution < 1.29 is 27.4 Å². The summed E-state index contributed by atoms with van der Waals surface area (Å²) in [5, 5.41) is 0.804. The fourth-order valence-corrected chi connectivity index (χ4v) is 2.59. The molecule has 1 heterocycles. The van der Waals surface area contributed by atoms with Crippen molar-refractivity contribution in [2.45, 2.75) is 11.3 Å². The molecule has 0 fully saturated rings. The van der Waals surface area contributed by atoms with E-state index in [0.29, 0.717) is 24.7 Å². The van der Waals surface area contributed by atoms with Crippen LogP contribution in [0.25, 0.3) is 0 Å². The van der Waals surface area contributed by atoms with Crippen LogP contribution < -0.4 is 9.47 Å². The van der Waals surface area contributed by atoms with Crippen LogP contribution in [0, 0.1) is 0 Å². The Morgan fingerprint density at radius 2 is 1.95 bits per heavy atom. The van der Waals surface area contributed by atoms with Crippen LogP contribution in [0.3, 0.4) is 0 Å². The van der Waals surface area contributed by atoms with Gasteiger partial charge in [-0.25, -0.2) is 13.2 Å². The second-order valence-electron chi connectivity index (χ2n) is 4.03. The van der Waals surface area contributed by atoms with Gasteiger partial charge in [0.1, 0.15) is 0 Å². The number of carbonyl (C=O) groups excluding carboxylic acids is 1. The van der Waals surface area contributed by atoms with Gasteiger partial charge in [0.15, 0.2) is 21.3 Å². The van der Waals surface area contributed by atoms with Crippen LogP contribution in [0.1, 0.15) is 6.42 Å². The van der Waals surface area contributed by atoms with Crippen molar-refractivity contribution in [3.63, 3.8) is 0 Å². The van der Waals surface area contributed by atoms with Gasteiger partial charge in [-0.2, -0.15) is 0 Å². The number of ether oxygens (including phenoxy) is 3. The zero-order valence-corrected chi connectivity index (χ0v) is 11.7. The molecule has 0 bridgehead atoms. The molecule has 0 radical (unpaired) electrons. The first-order chi connectivity index (χ1) is 9.53. The lowest BCUT2D eigenvalue weighted by atomic mass is 10.3. The summed E-state index contributed by atoms with van der Waals surface area (Å²) < 4.78 is 39.3. The normalized spacial score (nSPS) is 14.8. The van der Waals surface area contributed by atoms with E-state index in [9.17, 15) is 13.2 Å². The highest BCUT2D eigenvalue weighted by molar-refractivity contribution is 7.94. The largest absolute Gasteiger partial charge is 0.490 e. The zero-order valence-electron chi connectivity index (χ0n) is 10.9. The molecule has 1 aromatic rings. The molecule has 0 aromatic heterocycles. The smallest absolute Gasteiger partial charge is 0.331 e. The molecule has 0 atom stereocenters. The highest BCUT2D eigenvalue weighted by Gasteiger charge is 2.17. The predicted molar refractivity (Wildman–Crippen MR) is 70.4 cm³/mol. The topological polar surface area (TPSA) is 78.9 Å². The molecule has 2 rings (SSSR count). The van der Waals surface area contributed by atoms with Crippen LogP contribution >= 0.6 is 0 Å². The first-order valence-corrected chi connectivity index (χ1v) is 7.48. The molecule has 0 spiro atoms. The summed E-state index contributed by atoms with van der Waals surface area (Å²) >= 11 is 0. The van der Waals surface area contributed by atoms with E-state index >= 15 is 0 Å². The minimum Gasteiger partial charge on any atom is -0.490 e. The monoisotopic (exact) mass is 298 g/mol. The first kappa shape index (κ1) is 14.4. The third-order valence-electron chi connectivity index (χ3n) is 2.63. The SMILES string of the molecule is COC(=O)/C=C/S(=O)(=O)c1ccc2c(c1)OCCCO2. The van der Waals surface area contributed by atoms with Crippen molar-refractivity contribution in [2.24, 2.45) is 0 Å². The van der Waals surface area contributed by atoms with Gasteiger partial charge in [-0.1, -0.05) is 0 Å². The van der Waals surface area contributed by atoms with E-state index in [0.717, 1.165) is 17.9 Å². The van der Waals surface area contributed by atoms with Gasteiger partial charge in [-0.15, -0.1) is 0 Å². The molecule has 20 heavy (non-hydrogen) atoms. The van der Waals surface area contributed by atoms with Gasteiger partial charge in [-0.05, 0) is 12.1 Å². The number of esters is 1. The number of sulfone groups is 1. The minimum absolute atomic E-state index is 0.0295. The van der Waals surface area contributed by atoms with Gasteiger partial charge in [0.2, 0.25) is 0 Å². The van der Waals surface area contributed by atoms with Gasteiger partial charge in [0.05, 0.1) is 25.2 Å². The van der Waals surface area contributed by atoms with Crippen LogP contribution in [-0.4, -0.2) is 34.7 Å². The average molecular weight is 298 g/mol. The van der Waals surface area contributed by atoms with Crippen LogP contribution in [0.2, 0.25) is 0 Å². The van der Waals surface area contributed by atoms with E-state index in [4.69, 9.17) is 9.47 Å². The highest BCUT2D eigenvalue weighted by atomic mass is 32.2. The third kappa shape index (κ3) is 3.30. The summed E-state index contributed by atoms with van der Waals surface area (Å²) in [7, 11) is -2.55. The van der Waals surface area contributed by atoms with E-state index in [1.54, 1.807) is 6.07 Å². The molecule has 0 unspecified atom stereocenters. The summed E-state index contributed by atoms with van der Waals surface area (Å²) in [5.41, 5.74) is 0. The summed E-state index contributed by atoms with van der Waals surface area (Å²) in [4.78, 5) is 11.0. The summed E-state index contributed by atoms with van der Waals surface area (Å²) in [6.45, 7) is 0.996. The lowest BCUT2D eigenvalue weighted by Gasteiger charge is -2.08. The second kappa shape index (κ2) is 5.96. The molecule has 0 saturated carbocycles. The van der Waals surface area contributed by atoms with E-state index < -0.39 is 15.8 Å². The van der Waals surface area contributed by atoms with Gasteiger partial charge < -0.3 is 14.2 Å². The Morgan fingerprint density at radius 1 is 1.25 bits per heavy atom. The Bertz CT molecular complexity index is 632. The van der Waals surface area contributed by atoms with E-state index in [1.807, 2.05) is 0 Å². The lowest BCUT2D eigenvalue weighted by molar-refractivity contribution is -0.134. The molecule has 1 aliphatic rings. The molecule has 1 aliphatic heterocycles. The molecule has 0 saturated heterocycles. The molecule has 7 heteroatoms. The van der Waals surface area contributed by atoms with Crippen LogP contribution in [0.15, 0.2) is 34.6 Å². The van der Waals surface area contributed by atoms with Gasteiger partial charge in [-0.3, -0.25) is 0 Å². The number of rotatable bonds is 3. The number of carbonyl (C=O) groups is 1. The Labute approximate surface area is 116 Å². The number of hydrogen-bond acceptors (Lipinski definition) is 6. The minimum atomic E-state index is -3.73. The maximum Gasteiger partial charge on any atom is 0.331 e. The zero-order chi connectivity index (χ0) is 14.6. The van der Waals surface area contributed by atoms with Crippen molar-refractivity contribution >= 4 is 15.8 Å². The van der Waals surface area contributed by atoms with Gasteiger partial charge in [0, 0.05) is 24.0 Å². The first-order valence-electron chi connectivity index (χ1n) is 5.94. The van der Waals surface area contributed by atoms with E-state index in [2.05, 4.69) is 4.74 Å². The Morgan fingerprint density at radius 3 is 2.65 bits per heavy atom. The Balaban J connectivity index is 2.31. The van der Waals surface area contributed by atoms with E-state index in [-0.39, 0.29) is 4.90 Å². The highest BCUT2D eigenvalue weighted by Crippen LogP contribution is 2.32. The predicted octanol–water partition coefficient (Wildman–Crippen LogP) is 1.31. The maximum atomic E-state index is 12.0. The number of methoxy groups -OCH3 is 1. The fraction of sp³-hybridized carbons (Fsp3) is 0.308. The van der Waals surface area contributed by atoms with Crippen molar-refractivity contribution in [3.05, 3.63) is 29.7 Å². The summed E-state index contributed by atoms with van der Waals surface area (Å²) in [6.07, 6.45) is 1.59. The second-order valence-corrected chi connectivity index (χ2v) is 5.86. The molecule has 6 nitrogen and oxygen atoms in total. The molecular weight excluding hydrogens is 284 g/mol. The van der Waals surface area contributed by atoms with Gasteiger partial charge in [0.25, 0.3) is 0 Å². The maximum absolute atomic E-state index is 12.0. The number of hydrogen-bond donors (Lipinski definition) is 0. The third-order valence-corrected chi connectivity index (χ3v) is 4.04. The molecule has 0 N–H and O–H groups in total. The molecule has 0 amide bonds. The van der Waals surface area contributed by atoms with Gasteiger partial charge >= 0.3 is 5.97 Å². The number of fused-ring (bicyclic) bond motifs is 1. The van der Waals surface area contributed by atoms with Crippen LogP contribution in [-0.2, 0) is 19.4 Å². The fourth-order valence-electron chi connectivity index (χ4n) is 1.61. The van der Waals surface area contributed by atoms with Crippen LogP contribution in [0.5, 0.6) is 11.5 Å². The molecule has 0 aliphatic carbocycles. The quantitative estimate of drug-likeness (QED) is 0.618. The van der Waals surface area contributed by atoms with Crippen LogP contribution in [0.4, 0.5) is 0 Å². The number of benzene rings is 1. The van der Waals surface area contributed by atoms with Crippen molar-refractivity contribution in [3.8, 4) is 11.5 Å². The molecule has 108 valence electrons. The average Bonchev–Trinajstić information content (AvgIpc) is 2.69. The van der Waals surface area contributed by atoms with Crippen molar-refractivity contribution in [1.82, 2.24) is 0 Å². The Hall–Kier alpha value is -2.02. The molecular formula is C13H14O6S. The standard InChI is InChI=1S/C13H14O6S/c1-17-13(14)5-8-20(15,16)10-3-4-11-12(9-10)19-7-2-6-18-11/h3-5,8-9H,2,6-7H2,1H3/b8-5+.